The number of aromatic nitrogens is 2. The van der Waals surface area contributed by atoms with Crippen molar-refractivity contribution in [1.29, 1.82) is 0 Å². The maximum Gasteiger partial charge on any atom is 0.230 e. The van der Waals surface area contributed by atoms with Crippen LogP contribution in [0.4, 0.5) is 0 Å². The van der Waals surface area contributed by atoms with Crippen LogP contribution in [0.25, 0.3) is 16.7 Å². The lowest BCUT2D eigenvalue weighted by molar-refractivity contribution is -0.119. The number of fused-ring (bicyclic) bond motifs is 1. The summed E-state index contributed by atoms with van der Waals surface area (Å²) in [7, 11) is 0. The van der Waals surface area contributed by atoms with Gasteiger partial charge in [-0.2, -0.15) is 0 Å². The molecule has 0 radical (unpaired) electrons. The minimum absolute atomic E-state index is 0.111. The third-order valence-electron chi connectivity index (χ3n) is 5.37. The molecular weight excluding hydrogens is 366 g/mol. The number of amides is 1. The van der Waals surface area contributed by atoms with E-state index >= 15 is 0 Å². The van der Waals surface area contributed by atoms with Crippen LogP contribution >= 0.6 is 11.8 Å². The van der Waals surface area contributed by atoms with E-state index in [4.69, 9.17) is 4.98 Å². The molecule has 1 amide bonds. The number of benzene rings is 2. The van der Waals surface area contributed by atoms with Gasteiger partial charge in [-0.3, -0.25) is 9.36 Å². The van der Waals surface area contributed by atoms with Crippen molar-refractivity contribution in [3.8, 4) is 5.69 Å². The Morgan fingerprint density at radius 2 is 1.79 bits per heavy atom. The molecule has 3 aromatic rings. The Labute approximate surface area is 170 Å². The van der Waals surface area contributed by atoms with Crippen LogP contribution in [-0.4, -0.2) is 27.3 Å². The summed E-state index contributed by atoms with van der Waals surface area (Å²) < 4.78 is 2.15. The number of para-hydroxylation sites is 2. The van der Waals surface area contributed by atoms with Gasteiger partial charge in [0.2, 0.25) is 5.91 Å². The van der Waals surface area contributed by atoms with Gasteiger partial charge in [-0.05, 0) is 44.0 Å². The lowest BCUT2D eigenvalue weighted by atomic mass is 10.1. The molecular formula is C23H27N3OS. The maximum atomic E-state index is 12.5. The van der Waals surface area contributed by atoms with Crippen LogP contribution in [0.1, 0.15) is 44.1 Å². The summed E-state index contributed by atoms with van der Waals surface area (Å²) in [5, 5.41) is 4.09. The zero-order valence-corrected chi connectivity index (χ0v) is 17.2. The molecule has 1 aromatic heterocycles. The number of thioether (sulfide) groups is 1. The summed E-state index contributed by atoms with van der Waals surface area (Å²) in [5.41, 5.74) is 4.32. The first-order valence-corrected chi connectivity index (χ1v) is 11.2. The summed E-state index contributed by atoms with van der Waals surface area (Å²) in [6.45, 7) is 2.09. The smallest absolute Gasteiger partial charge is 0.230 e. The van der Waals surface area contributed by atoms with Crippen molar-refractivity contribution in [3.63, 3.8) is 0 Å². The highest BCUT2D eigenvalue weighted by atomic mass is 32.2. The van der Waals surface area contributed by atoms with E-state index in [1.807, 2.05) is 18.2 Å². The Balaban J connectivity index is 1.52. The summed E-state index contributed by atoms with van der Waals surface area (Å²) in [5.74, 6) is 0.505. The SMILES string of the molecule is Cc1ccc(-n2c(SCC(=O)NC3CCCCCC3)nc3ccccc32)cc1. The van der Waals surface area contributed by atoms with Gasteiger partial charge in [0.05, 0.1) is 16.8 Å². The Bertz CT molecular complexity index is 940. The van der Waals surface area contributed by atoms with Crippen molar-refractivity contribution in [1.82, 2.24) is 14.9 Å². The molecule has 1 fully saturated rings. The van der Waals surface area contributed by atoms with E-state index in [9.17, 15) is 4.79 Å². The molecule has 0 aliphatic heterocycles. The number of carbonyl (C=O) groups is 1. The highest BCUT2D eigenvalue weighted by Gasteiger charge is 2.17. The molecule has 1 saturated carbocycles. The lowest BCUT2D eigenvalue weighted by Crippen LogP contribution is -2.35. The molecule has 0 atom stereocenters. The van der Waals surface area contributed by atoms with Crippen molar-refractivity contribution in [2.45, 2.75) is 56.6 Å². The molecule has 1 aliphatic carbocycles. The van der Waals surface area contributed by atoms with Crippen molar-refractivity contribution in [3.05, 3.63) is 54.1 Å². The van der Waals surface area contributed by atoms with Crippen LogP contribution in [0.3, 0.4) is 0 Å². The van der Waals surface area contributed by atoms with E-state index in [1.54, 1.807) is 0 Å². The average Bonchev–Trinajstić information content (AvgIpc) is 2.87. The first-order chi connectivity index (χ1) is 13.7. The van der Waals surface area contributed by atoms with Crippen LogP contribution in [0.15, 0.2) is 53.7 Å². The normalized spacial score (nSPS) is 15.5. The maximum absolute atomic E-state index is 12.5. The fraction of sp³-hybridized carbons (Fsp3) is 0.391. The van der Waals surface area contributed by atoms with E-state index < -0.39 is 0 Å². The minimum Gasteiger partial charge on any atom is -0.353 e. The number of imidazole rings is 1. The van der Waals surface area contributed by atoms with Crippen LogP contribution < -0.4 is 5.32 Å². The number of hydrogen-bond acceptors (Lipinski definition) is 3. The zero-order chi connectivity index (χ0) is 19.3. The van der Waals surface area contributed by atoms with E-state index in [2.05, 4.69) is 47.1 Å². The molecule has 5 heteroatoms. The van der Waals surface area contributed by atoms with E-state index in [1.165, 1.54) is 43.0 Å². The third-order valence-corrected chi connectivity index (χ3v) is 6.31. The van der Waals surface area contributed by atoms with Crippen molar-refractivity contribution >= 4 is 28.7 Å². The number of nitrogens with zero attached hydrogens (tertiary/aromatic N) is 2. The van der Waals surface area contributed by atoms with Gasteiger partial charge in [-0.1, -0.05) is 67.3 Å². The monoisotopic (exact) mass is 393 g/mol. The van der Waals surface area contributed by atoms with E-state index in [-0.39, 0.29) is 5.91 Å². The summed E-state index contributed by atoms with van der Waals surface area (Å²) in [6.07, 6.45) is 7.25. The second-order valence-corrected chi connectivity index (χ2v) is 8.54. The molecule has 0 bridgehead atoms. The molecule has 4 rings (SSSR count). The standard InChI is InChI=1S/C23H27N3OS/c1-17-12-14-19(15-13-17)26-21-11-7-6-10-20(21)25-23(26)28-16-22(27)24-18-8-4-2-3-5-9-18/h6-7,10-15,18H,2-5,8-9,16H2,1H3,(H,24,27). The number of nitrogens with one attached hydrogen (secondary N) is 1. The number of rotatable bonds is 5. The van der Waals surface area contributed by atoms with Gasteiger partial charge >= 0.3 is 0 Å². The molecule has 1 N–H and O–H groups in total. The average molecular weight is 394 g/mol. The molecule has 2 aromatic carbocycles. The van der Waals surface area contributed by atoms with Gasteiger partial charge in [-0.15, -0.1) is 0 Å². The van der Waals surface area contributed by atoms with Gasteiger partial charge in [0.1, 0.15) is 0 Å². The lowest BCUT2D eigenvalue weighted by Gasteiger charge is -2.16. The Kier molecular flexibility index (Phi) is 6.01. The van der Waals surface area contributed by atoms with Gasteiger partial charge in [0, 0.05) is 11.7 Å². The van der Waals surface area contributed by atoms with Crippen LogP contribution in [0.5, 0.6) is 0 Å². The summed E-state index contributed by atoms with van der Waals surface area (Å²) in [6, 6.07) is 16.9. The third kappa shape index (κ3) is 4.41. The first-order valence-electron chi connectivity index (χ1n) is 10.2. The van der Waals surface area contributed by atoms with Crippen molar-refractivity contribution < 1.29 is 4.79 Å². The first kappa shape index (κ1) is 19.1. The molecule has 0 saturated heterocycles. The summed E-state index contributed by atoms with van der Waals surface area (Å²) in [4.78, 5) is 17.3. The quantitative estimate of drug-likeness (QED) is 0.475. The molecule has 28 heavy (non-hydrogen) atoms. The van der Waals surface area contributed by atoms with Gasteiger partial charge < -0.3 is 5.32 Å². The van der Waals surface area contributed by atoms with Gasteiger partial charge in [0.25, 0.3) is 0 Å². The fourth-order valence-electron chi connectivity index (χ4n) is 3.87. The van der Waals surface area contributed by atoms with Gasteiger partial charge in [-0.25, -0.2) is 4.98 Å². The fourth-order valence-corrected chi connectivity index (χ4v) is 4.71. The molecule has 1 aliphatic rings. The minimum atomic E-state index is 0.111. The Morgan fingerprint density at radius 1 is 1.07 bits per heavy atom. The topological polar surface area (TPSA) is 46.9 Å². The highest BCUT2D eigenvalue weighted by molar-refractivity contribution is 7.99. The Morgan fingerprint density at radius 3 is 2.54 bits per heavy atom. The van der Waals surface area contributed by atoms with Crippen LogP contribution in [0.2, 0.25) is 0 Å². The molecule has 146 valence electrons. The van der Waals surface area contributed by atoms with Crippen molar-refractivity contribution in [2.75, 3.05) is 5.75 Å². The number of hydrogen-bond donors (Lipinski definition) is 1. The zero-order valence-electron chi connectivity index (χ0n) is 16.4. The molecule has 4 nitrogen and oxygen atoms in total. The second-order valence-electron chi connectivity index (χ2n) is 7.60. The van der Waals surface area contributed by atoms with E-state index in [0.29, 0.717) is 11.8 Å². The predicted octanol–water partition coefficient (Wildman–Crippen LogP) is 5.27. The molecule has 0 spiro atoms. The summed E-state index contributed by atoms with van der Waals surface area (Å²) >= 11 is 1.51. The van der Waals surface area contributed by atoms with Gasteiger partial charge in [0.15, 0.2) is 5.16 Å². The predicted molar refractivity (Wildman–Crippen MR) is 116 cm³/mol. The number of carbonyl (C=O) groups excluding carboxylic acids is 1. The van der Waals surface area contributed by atoms with E-state index in [0.717, 1.165) is 34.7 Å². The second kappa shape index (κ2) is 8.82. The molecule has 1 heterocycles. The largest absolute Gasteiger partial charge is 0.353 e. The van der Waals surface area contributed by atoms with Crippen LogP contribution in [0, 0.1) is 6.92 Å². The number of aryl methyl sites for hydroxylation is 1. The highest BCUT2D eigenvalue weighted by Crippen LogP contribution is 2.28. The molecule has 0 unspecified atom stereocenters. The van der Waals surface area contributed by atoms with Crippen LogP contribution in [-0.2, 0) is 4.79 Å². The Hall–Kier alpha value is -2.27. The van der Waals surface area contributed by atoms with Crippen molar-refractivity contribution in [2.24, 2.45) is 0 Å².